The first kappa shape index (κ1) is 19.4. The molecule has 138 valence electrons. The Kier molecular flexibility index (Phi) is 6.31. The smallest absolute Gasteiger partial charge is 0.265 e. The minimum Gasteiger partial charge on any atom is -0.497 e. The van der Waals surface area contributed by atoms with Gasteiger partial charge in [0.1, 0.15) is 12.4 Å². The molecule has 8 nitrogen and oxygen atoms in total. The fourth-order valence-corrected chi connectivity index (χ4v) is 3.00. The zero-order valence-corrected chi connectivity index (χ0v) is 15.0. The Morgan fingerprint density at radius 1 is 0.962 bits per heavy atom. The molecule has 0 aliphatic rings. The van der Waals surface area contributed by atoms with Gasteiger partial charge < -0.3 is 14.8 Å². The van der Waals surface area contributed by atoms with Crippen LogP contribution < -0.4 is 14.8 Å². The monoisotopic (exact) mass is 378 g/mol. The van der Waals surface area contributed by atoms with Gasteiger partial charge in [-0.3, -0.25) is 9.59 Å². The molecule has 2 aromatic rings. The molecule has 0 atom stereocenters. The molecule has 2 rings (SSSR count). The van der Waals surface area contributed by atoms with E-state index in [1.807, 2.05) is 4.72 Å². The van der Waals surface area contributed by atoms with Crippen molar-refractivity contribution in [3.05, 3.63) is 54.1 Å². The average molecular weight is 378 g/mol. The molecule has 2 amide bonds. The summed E-state index contributed by atoms with van der Waals surface area (Å²) in [7, 11) is -1.17. The second-order valence-electron chi connectivity index (χ2n) is 5.17. The topological polar surface area (TPSA) is 111 Å². The average Bonchev–Trinajstić information content (AvgIpc) is 2.62. The normalized spacial score (nSPS) is 10.8. The number of benzene rings is 2. The number of amides is 2. The van der Waals surface area contributed by atoms with Gasteiger partial charge in [-0.25, -0.2) is 13.1 Å². The van der Waals surface area contributed by atoms with Gasteiger partial charge in [-0.15, -0.1) is 0 Å². The summed E-state index contributed by atoms with van der Waals surface area (Å²) in [5.74, 6) is -0.573. The van der Waals surface area contributed by atoms with E-state index < -0.39 is 15.9 Å². The highest BCUT2D eigenvalue weighted by Crippen LogP contribution is 2.15. The van der Waals surface area contributed by atoms with Crippen LogP contribution in [0.3, 0.4) is 0 Å². The molecule has 0 aromatic heterocycles. The van der Waals surface area contributed by atoms with E-state index in [2.05, 4.69) is 5.32 Å². The molecular formula is C17H18N2O6S. The van der Waals surface area contributed by atoms with Crippen LogP contribution in [0.1, 0.15) is 10.4 Å². The fraction of sp³-hybridized carbons (Fsp3) is 0.176. The van der Waals surface area contributed by atoms with Crippen LogP contribution in [-0.2, 0) is 19.6 Å². The number of sulfonamides is 1. The van der Waals surface area contributed by atoms with Crippen molar-refractivity contribution >= 4 is 27.5 Å². The molecule has 0 bridgehead atoms. The van der Waals surface area contributed by atoms with Gasteiger partial charge in [0.15, 0.2) is 0 Å². The Balaban J connectivity index is 2.08. The molecule has 0 saturated heterocycles. The number of hydrogen-bond acceptors (Lipinski definition) is 6. The number of rotatable bonds is 7. The van der Waals surface area contributed by atoms with Gasteiger partial charge in [-0.05, 0) is 48.5 Å². The number of anilines is 1. The maximum atomic E-state index is 12.3. The molecule has 0 saturated carbocycles. The summed E-state index contributed by atoms with van der Waals surface area (Å²) in [6.07, 6.45) is 0. The van der Waals surface area contributed by atoms with E-state index in [1.54, 1.807) is 12.1 Å². The van der Waals surface area contributed by atoms with Crippen molar-refractivity contribution in [3.8, 4) is 5.75 Å². The van der Waals surface area contributed by atoms with Gasteiger partial charge in [0, 0.05) is 18.4 Å². The van der Waals surface area contributed by atoms with Crippen LogP contribution in [0.5, 0.6) is 5.75 Å². The summed E-state index contributed by atoms with van der Waals surface area (Å²) in [4.78, 5) is 23.4. The van der Waals surface area contributed by atoms with Crippen molar-refractivity contribution in [2.24, 2.45) is 0 Å². The lowest BCUT2D eigenvalue weighted by atomic mass is 10.2. The molecular weight excluding hydrogens is 360 g/mol. The standard InChI is InChI=1S/C17H18N2O6S/c1-24-11-16(20)18-13-5-9-15(10-6-13)26(22,23)19-17(21)12-3-7-14(25-2)8-4-12/h3-10H,11H2,1-2H3,(H,18,20)(H,19,21). The molecule has 0 fully saturated rings. The van der Waals surface area contributed by atoms with Crippen LogP contribution >= 0.6 is 0 Å². The highest BCUT2D eigenvalue weighted by molar-refractivity contribution is 7.90. The number of methoxy groups -OCH3 is 2. The first-order valence-corrected chi connectivity index (χ1v) is 8.94. The Morgan fingerprint density at radius 2 is 1.58 bits per heavy atom. The third kappa shape index (κ3) is 5.04. The highest BCUT2D eigenvalue weighted by atomic mass is 32.2. The quantitative estimate of drug-likeness (QED) is 0.753. The van der Waals surface area contributed by atoms with Gasteiger partial charge in [0.2, 0.25) is 5.91 Å². The van der Waals surface area contributed by atoms with Gasteiger partial charge in [0.05, 0.1) is 12.0 Å². The van der Waals surface area contributed by atoms with Crippen molar-refractivity contribution in [2.45, 2.75) is 4.90 Å². The summed E-state index contributed by atoms with van der Waals surface area (Å²) in [6.45, 7) is -0.113. The number of carbonyl (C=O) groups is 2. The summed E-state index contributed by atoms with van der Waals surface area (Å²) in [5, 5.41) is 2.54. The Labute approximate surface area is 151 Å². The maximum absolute atomic E-state index is 12.3. The largest absolute Gasteiger partial charge is 0.497 e. The zero-order chi connectivity index (χ0) is 19.2. The third-order valence-corrected chi connectivity index (χ3v) is 4.65. The molecule has 0 aliphatic carbocycles. The number of nitrogens with one attached hydrogen (secondary N) is 2. The second kappa shape index (κ2) is 8.45. The fourth-order valence-electron chi connectivity index (χ4n) is 2.03. The van der Waals surface area contributed by atoms with E-state index in [0.29, 0.717) is 11.4 Å². The van der Waals surface area contributed by atoms with E-state index in [-0.39, 0.29) is 23.0 Å². The maximum Gasteiger partial charge on any atom is 0.265 e. The van der Waals surface area contributed by atoms with Gasteiger partial charge in [-0.2, -0.15) is 0 Å². The SMILES string of the molecule is COCC(=O)Nc1ccc(S(=O)(=O)NC(=O)c2ccc(OC)cc2)cc1. The lowest BCUT2D eigenvalue weighted by Crippen LogP contribution is -2.30. The molecule has 0 heterocycles. The van der Waals surface area contributed by atoms with Crippen LogP contribution in [0.4, 0.5) is 5.69 Å². The summed E-state index contributed by atoms with van der Waals surface area (Å²) < 4.78 is 36.3. The van der Waals surface area contributed by atoms with Crippen LogP contribution in [0.25, 0.3) is 0 Å². The second-order valence-corrected chi connectivity index (χ2v) is 6.85. The van der Waals surface area contributed by atoms with Crippen molar-refractivity contribution in [1.29, 1.82) is 0 Å². The number of carbonyl (C=O) groups excluding carboxylic acids is 2. The summed E-state index contributed by atoms with van der Waals surface area (Å²) in [6, 6.07) is 11.4. The van der Waals surface area contributed by atoms with Gasteiger partial charge >= 0.3 is 0 Å². The first-order chi connectivity index (χ1) is 12.4. The Bertz CT molecular complexity index is 876. The van der Waals surface area contributed by atoms with E-state index in [1.165, 1.54) is 50.6 Å². The Morgan fingerprint density at radius 3 is 2.12 bits per heavy atom. The summed E-state index contributed by atoms with van der Waals surface area (Å²) >= 11 is 0. The molecule has 0 radical (unpaired) electrons. The van der Waals surface area contributed by atoms with Crippen LogP contribution in [0.2, 0.25) is 0 Å². The first-order valence-electron chi connectivity index (χ1n) is 7.46. The van der Waals surface area contributed by atoms with Crippen molar-refractivity contribution < 1.29 is 27.5 Å². The molecule has 0 spiro atoms. The lowest BCUT2D eigenvalue weighted by Gasteiger charge is -2.09. The van der Waals surface area contributed by atoms with Gasteiger partial charge in [0.25, 0.3) is 15.9 Å². The van der Waals surface area contributed by atoms with Crippen molar-refractivity contribution in [1.82, 2.24) is 4.72 Å². The molecule has 0 unspecified atom stereocenters. The number of ether oxygens (including phenoxy) is 2. The predicted octanol–water partition coefficient (Wildman–Crippen LogP) is 1.40. The van der Waals surface area contributed by atoms with Gasteiger partial charge in [-0.1, -0.05) is 0 Å². The van der Waals surface area contributed by atoms with E-state index in [9.17, 15) is 18.0 Å². The van der Waals surface area contributed by atoms with E-state index >= 15 is 0 Å². The third-order valence-electron chi connectivity index (χ3n) is 3.30. The zero-order valence-electron chi connectivity index (χ0n) is 14.2. The van der Waals surface area contributed by atoms with E-state index in [0.717, 1.165) is 0 Å². The minimum atomic E-state index is -4.05. The van der Waals surface area contributed by atoms with Crippen LogP contribution in [0.15, 0.2) is 53.4 Å². The molecule has 0 aliphatic heterocycles. The lowest BCUT2D eigenvalue weighted by molar-refractivity contribution is -0.119. The molecule has 2 aromatic carbocycles. The van der Waals surface area contributed by atoms with Crippen LogP contribution in [0, 0.1) is 0 Å². The predicted molar refractivity (Wildman–Crippen MR) is 94.6 cm³/mol. The summed E-state index contributed by atoms with van der Waals surface area (Å²) in [5.41, 5.74) is 0.588. The Hall–Kier alpha value is -2.91. The minimum absolute atomic E-state index is 0.107. The van der Waals surface area contributed by atoms with Crippen molar-refractivity contribution in [3.63, 3.8) is 0 Å². The van der Waals surface area contributed by atoms with E-state index in [4.69, 9.17) is 9.47 Å². The molecule has 9 heteroatoms. The molecule has 2 N–H and O–H groups in total. The van der Waals surface area contributed by atoms with Crippen LogP contribution in [-0.4, -0.2) is 41.1 Å². The van der Waals surface area contributed by atoms with Crippen molar-refractivity contribution in [2.75, 3.05) is 26.1 Å². The molecule has 26 heavy (non-hydrogen) atoms. The highest BCUT2D eigenvalue weighted by Gasteiger charge is 2.19. The number of hydrogen-bond donors (Lipinski definition) is 2.